The Morgan fingerprint density at radius 2 is 1.38 bits per heavy atom. The van der Waals surface area contributed by atoms with E-state index >= 15 is 0 Å². The molecule has 4 aliphatic heterocycles. The topological polar surface area (TPSA) is 394 Å². The van der Waals surface area contributed by atoms with E-state index in [-0.39, 0.29) is 0 Å². The largest absolute Gasteiger partial charge is 0.477 e. The quantitative estimate of drug-likeness (QED) is 0.0825. The van der Waals surface area contributed by atoms with Crippen LogP contribution < -0.4 is 5.32 Å². The van der Waals surface area contributed by atoms with Crippen molar-refractivity contribution < 1.29 is 114 Å². The number of hydrogen-bond donors (Lipinski definition) is 15. The van der Waals surface area contributed by atoms with Crippen LogP contribution in [-0.2, 0) is 42.7 Å². The van der Waals surface area contributed by atoms with Crippen LogP contribution in [0.15, 0.2) is 0 Å². The number of rotatable bonds is 13. The fourth-order valence-corrected chi connectivity index (χ4v) is 6.58. The monoisotopic (exact) mass is 779 g/mol. The van der Waals surface area contributed by atoms with Gasteiger partial charge in [0.25, 0.3) is 5.79 Å². The molecule has 0 saturated carbocycles. The van der Waals surface area contributed by atoms with Crippen molar-refractivity contribution in [2.45, 2.75) is 149 Å². The molecule has 0 aromatic carbocycles. The molecule has 0 spiro atoms. The summed E-state index contributed by atoms with van der Waals surface area (Å²) < 4.78 is 38.8. The Kier molecular flexibility index (Phi) is 14.9. The number of aliphatic carboxylic acids is 1. The van der Waals surface area contributed by atoms with E-state index in [1.807, 2.05) is 0 Å². The summed E-state index contributed by atoms with van der Waals surface area (Å²) in [6, 6.07) is -1.59. The van der Waals surface area contributed by atoms with Crippen LogP contribution in [0, 0.1) is 0 Å². The van der Waals surface area contributed by atoms with Crippen molar-refractivity contribution >= 4 is 11.9 Å². The molecule has 0 radical (unpaired) electrons. The number of aliphatic hydroxyl groups is 13. The van der Waals surface area contributed by atoms with E-state index in [9.17, 15) is 81.1 Å². The standard InChI is InChI=1S/C29H49NO23/c1-7-14(37)17(40)18(41)26(47-7)51-24-19(42)25(44)48-12(6-33)21(24)50-27-20(43)23(16(39)11(5-32)49-27)53-29(28(45)46)3-9(35)13(30-8(2)34)22(52-29)15(38)10(36)4-31/h7,9-27,31-33,35-44H,3-6H2,1-2H3,(H,30,34)(H,45,46). The predicted molar refractivity (Wildman–Crippen MR) is 161 cm³/mol. The van der Waals surface area contributed by atoms with E-state index in [0.717, 1.165) is 6.92 Å². The van der Waals surface area contributed by atoms with Gasteiger partial charge in [-0.1, -0.05) is 0 Å². The van der Waals surface area contributed by atoms with Gasteiger partial charge in [0.1, 0.15) is 85.5 Å². The van der Waals surface area contributed by atoms with Crippen LogP contribution in [-0.4, -0.2) is 232 Å². The highest BCUT2D eigenvalue weighted by molar-refractivity contribution is 5.76. The Hall–Kier alpha value is -1.86. The second kappa shape index (κ2) is 17.9. The van der Waals surface area contributed by atoms with E-state index in [1.165, 1.54) is 6.92 Å². The van der Waals surface area contributed by atoms with Gasteiger partial charge >= 0.3 is 5.97 Å². The minimum Gasteiger partial charge on any atom is -0.477 e. The third-order valence-corrected chi connectivity index (χ3v) is 9.54. The number of carbonyl (C=O) groups is 2. The van der Waals surface area contributed by atoms with E-state index in [2.05, 4.69) is 5.32 Å². The Labute approximate surface area is 300 Å². The lowest BCUT2D eigenvalue weighted by molar-refractivity contribution is -0.396. The molecular formula is C29H49NO23. The Balaban J connectivity index is 1.66. The molecular weight excluding hydrogens is 730 g/mol. The van der Waals surface area contributed by atoms with Crippen LogP contribution in [0.2, 0.25) is 0 Å². The summed E-state index contributed by atoms with van der Waals surface area (Å²) >= 11 is 0. The molecule has 308 valence electrons. The van der Waals surface area contributed by atoms with Gasteiger partial charge in [-0.2, -0.15) is 0 Å². The van der Waals surface area contributed by atoms with Gasteiger partial charge in [-0.3, -0.25) is 4.79 Å². The lowest BCUT2D eigenvalue weighted by Gasteiger charge is -2.51. The Bertz CT molecular complexity index is 1220. The van der Waals surface area contributed by atoms with Crippen molar-refractivity contribution in [3.8, 4) is 0 Å². The van der Waals surface area contributed by atoms with Crippen LogP contribution in [0.1, 0.15) is 20.3 Å². The fourth-order valence-electron chi connectivity index (χ4n) is 6.58. The molecule has 0 aliphatic carbocycles. The third kappa shape index (κ3) is 9.08. The fraction of sp³-hybridized carbons (Fsp3) is 0.931. The van der Waals surface area contributed by atoms with Crippen molar-refractivity contribution in [3.63, 3.8) is 0 Å². The number of carboxylic acids is 1. The second-order valence-corrected chi connectivity index (χ2v) is 13.3. The molecule has 15 N–H and O–H groups in total. The molecule has 24 nitrogen and oxygen atoms in total. The van der Waals surface area contributed by atoms with Gasteiger partial charge < -0.3 is 110 Å². The molecule has 4 heterocycles. The summed E-state index contributed by atoms with van der Waals surface area (Å²) in [7, 11) is 0. The van der Waals surface area contributed by atoms with Crippen LogP contribution in [0.3, 0.4) is 0 Å². The van der Waals surface area contributed by atoms with E-state index in [1.54, 1.807) is 0 Å². The highest BCUT2D eigenvalue weighted by Crippen LogP contribution is 2.39. The molecule has 21 unspecified atom stereocenters. The molecule has 4 aliphatic rings. The molecule has 4 rings (SSSR count). The smallest absolute Gasteiger partial charge is 0.364 e. The van der Waals surface area contributed by atoms with Gasteiger partial charge in [0.05, 0.1) is 38.1 Å². The van der Waals surface area contributed by atoms with Gasteiger partial charge in [0.15, 0.2) is 18.9 Å². The van der Waals surface area contributed by atoms with Crippen LogP contribution in [0.4, 0.5) is 0 Å². The minimum atomic E-state index is -3.10. The summed E-state index contributed by atoms with van der Waals surface area (Å²) in [5.74, 6) is -5.90. The van der Waals surface area contributed by atoms with Crippen molar-refractivity contribution in [2.75, 3.05) is 19.8 Å². The first-order valence-corrected chi connectivity index (χ1v) is 16.6. The number of ether oxygens (including phenoxy) is 7. The number of nitrogens with one attached hydrogen (secondary N) is 1. The van der Waals surface area contributed by atoms with Gasteiger partial charge in [0, 0.05) is 13.3 Å². The maximum absolute atomic E-state index is 12.8. The zero-order chi connectivity index (χ0) is 39.7. The molecule has 0 aromatic rings. The second-order valence-electron chi connectivity index (χ2n) is 13.3. The van der Waals surface area contributed by atoms with Crippen LogP contribution >= 0.6 is 0 Å². The summed E-state index contributed by atoms with van der Waals surface area (Å²) in [4.78, 5) is 24.6. The van der Waals surface area contributed by atoms with E-state index < -0.39 is 166 Å². The lowest BCUT2D eigenvalue weighted by Crippen LogP contribution is -2.71. The number of aliphatic hydroxyl groups excluding tert-OH is 13. The molecule has 0 bridgehead atoms. The molecule has 24 heteroatoms. The van der Waals surface area contributed by atoms with E-state index in [0.29, 0.717) is 0 Å². The molecule has 53 heavy (non-hydrogen) atoms. The molecule has 4 saturated heterocycles. The molecule has 0 aromatic heterocycles. The Morgan fingerprint density at radius 3 is 1.94 bits per heavy atom. The third-order valence-electron chi connectivity index (χ3n) is 9.54. The zero-order valence-electron chi connectivity index (χ0n) is 28.3. The highest BCUT2D eigenvalue weighted by atomic mass is 16.8. The SMILES string of the molecule is CC(=O)NC1C(O)CC(OC2C(O)C(CO)OC(OC3C(CO)OC(O)C(O)C3OC3OC(C)C(O)C(O)C3O)C2O)(C(=O)O)OC1C(O)C(O)CO. The predicted octanol–water partition coefficient (Wildman–Crippen LogP) is -9.37. The van der Waals surface area contributed by atoms with Crippen molar-refractivity contribution in [1.29, 1.82) is 0 Å². The molecule has 4 fully saturated rings. The van der Waals surface area contributed by atoms with Crippen molar-refractivity contribution in [2.24, 2.45) is 0 Å². The summed E-state index contributed by atoms with van der Waals surface area (Å²) in [5.41, 5.74) is 0. The number of carbonyl (C=O) groups excluding carboxylic acids is 1. The van der Waals surface area contributed by atoms with Gasteiger partial charge in [-0.15, -0.1) is 0 Å². The lowest BCUT2D eigenvalue weighted by atomic mass is 9.88. The first-order valence-electron chi connectivity index (χ1n) is 16.6. The number of amides is 1. The average molecular weight is 780 g/mol. The number of carboxylic acid groups (broad SMARTS) is 1. The van der Waals surface area contributed by atoms with Crippen LogP contribution in [0.25, 0.3) is 0 Å². The highest BCUT2D eigenvalue weighted by Gasteiger charge is 2.60. The van der Waals surface area contributed by atoms with Crippen molar-refractivity contribution in [3.05, 3.63) is 0 Å². The molecule has 1 amide bonds. The number of hydrogen-bond acceptors (Lipinski definition) is 22. The first kappa shape index (κ1) is 43.9. The summed E-state index contributed by atoms with van der Waals surface area (Å²) in [5, 5.41) is 148. The minimum absolute atomic E-state index is 0.779. The van der Waals surface area contributed by atoms with Crippen LogP contribution in [0.5, 0.6) is 0 Å². The molecule has 21 atom stereocenters. The zero-order valence-corrected chi connectivity index (χ0v) is 28.3. The Morgan fingerprint density at radius 1 is 0.774 bits per heavy atom. The van der Waals surface area contributed by atoms with E-state index in [4.69, 9.17) is 33.2 Å². The summed E-state index contributed by atoms with van der Waals surface area (Å²) in [6.07, 6.45) is -37.3. The average Bonchev–Trinajstić information content (AvgIpc) is 3.11. The van der Waals surface area contributed by atoms with Gasteiger partial charge in [-0.25, -0.2) is 4.79 Å². The normalized spacial score (nSPS) is 47.8. The summed E-state index contributed by atoms with van der Waals surface area (Å²) in [6.45, 7) is -0.758. The maximum atomic E-state index is 12.8. The maximum Gasteiger partial charge on any atom is 0.364 e. The first-order chi connectivity index (χ1) is 24.8. The van der Waals surface area contributed by atoms with Crippen molar-refractivity contribution in [1.82, 2.24) is 5.32 Å². The van der Waals surface area contributed by atoms with Gasteiger partial charge in [-0.05, 0) is 6.92 Å². The van der Waals surface area contributed by atoms with Gasteiger partial charge in [0.2, 0.25) is 5.91 Å².